The first-order valence-electron chi connectivity index (χ1n) is 9.09. The van der Waals surface area contributed by atoms with Crippen molar-refractivity contribution in [1.82, 2.24) is 4.57 Å². The average Bonchev–Trinajstić information content (AvgIpc) is 3.13. The number of alkyl halides is 3. The maximum absolute atomic E-state index is 13.6. The summed E-state index contributed by atoms with van der Waals surface area (Å²) < 4.78 is 59.8. The summed E-state index contributed by atoms with van der Waals surface area (Å²) in [6, 6.07) is 9.89. The lowest BCUT2D eigenvalue weighted by Gasteiger charge is -2.14. The highest BCUT2D eigenvalue weighted by molar-refractivity contribution is 6.09. The van der Waals surface area contributed by atoms with Gasteiger partial charge in [0.15, 0.2) is 5.78 Å². The molecule has 3 rings (SSSR count). The van der Waals surface area contributed by atoms with Crippen LogP contribution < -0.4 is 5.32 Å². The van der Waals surface area contributed by atoms with Crippen LogP contribution in [0.1, 0.15) is 33.2 Å². The fourth-order valence-corrected chi connectivity index (χ4v) is 3.20. The average molecular weight is 434 g/mol. The Labute approximate surface area is 175 Å². The van der Waals surface area contributed by atoms with Gasteiger partial charge in [-0.1, -0.05) is 24.3 Å². The minimum absolute atomic E-state index is 0.0870. The Morgan fingerprint density at radius 3 is 2.39 bits per heavy atom. The summed E-state index contributed by atoms with van der Waals surface area (Å²) >= 11 is 0. The standard InChI is InChI=1S/C22H18F4N2O3/c1-13(29)17-9-14(23)7-8-15(17)16-5-3-4-6-20(16)27-21(30)18-10-28(12-31-2)11-19(18)22(24,25)26/h3-11H,12H2,1-2H3,(H,27,30). The summed E-state index contributed by atoms with van der Waals surface area (Å²) in [5, 5.41) is 2.48. The molecule has 1 heterocycles. The van der Waals surface area contributed by atoms with Crippen molar-refractivity contribution in [3.05, 3.63) is 77.4 Å². The van der Waals surface area contributed by atoms with Crippen molar-refractivity contribution < 1.29 is 31.9 Å². The number of methoxy groups -OCH3 is 1. The third-order valence-corrected chi connectivity index (χ3v) is 4.53. The second-order valence-corrected chi connectivity index (χ2v) is 6.76. The van der Waals surface area contributed by atoms with Crippen LogP contribution in [0.5, 0.6) is 0 Å². The van der Waals surface area contributed by atoms with Gasteiger partial charge in [-0.2, -0.15) is 13.2 Å². The predicted octanol–water partition coefficient (Wildman–Crippen LogP) is 5.37. The van der Waals surface area contributed by atoms with E-state index < -0.39 is 34.8 Å². The molecule has 162 valence electrons. The van der Waals surface area contributed by atoms with Crippen LogP contribution in [0.4, 0.5) is 23.2 Å². The molecule has 9 heteroatoms. The number of Topliss-reactive ketones (excluding diaryl/α,β-unsaturated/α-hetero) is 1. The molecule has 3 aromatic rings. The van der Waals surface area contributed by atoms with Crippen LogP contribution >= 0.6 is 0 Å². The summed E-state index contributed by atoms with van der Waals surface area (Å²) in [4.78, 5) is 24.7. The molecule has 2 aromatic carbocycles. The molecule has 0 atom stereocenters. The SMILES string of the molecule is COCn1cc(C(=O)Nc2ccccc2-c2ccc(F)cc2C(C)=O)c(C(F)(F)F)c1. The lowest BCUT2D eigenvalue weighted by Crippen LogP contribution is -2.17. The predicted molar refractivity (Wildman–Crippen MR) is 106 cm³/mol. The number of carbonyl (C=O) groups is 2. The zero-order valence-corrected chi connectivity index (χ0v) is 16.6. The van der Waals surface area contributed by atoms with E-state index in [-0.39, 0.29) is 18.0 Å². The highest BCUT2D eigenvalue weighted by Crippen LogP contribution is 2.35. The molecule has 0 fully saturated rings. The van der Waals surface area contributed by atoms with E-state index in [1.807, 2.05) is 0 Å². The van der Waals surface area contributed by atoms with Crippen LogP contribution in [-0.2, 0) is 17.6 Å². The Morgan fingerprint density at radius 2 is 1.74 bits per heavy atom. The van der Waals surface area contributed by atoms with Crippen molar-refractivity contribution in [1.29, 1.82) is 0 Å². The molecule has 0 bridgehead atoms. The van der Waals surface area contributed by atoms with Gasteiger partial charge in [-0.15, -0.1) is 0 Å². The third kappa shape index (κ3) is 4.83. The molecule has 1 aromatic heterocycles. The number of para-hydroxylation sites is 1. The van der Waals surface area contributed by atoms with Gasteiger partial charge in [0.05, 0.1) is 11.1 Å². The van der Waals surface area contributed by atoms with Gasteiger partial charge in [0.2, 0.25) is 0 Å². The monoisotopic (exact) mass is 434 g/mol. The number of hydrogen-bond acceptors (Lipinski definition) is 3. The van der Waals surface area contributed by atoms with Crippen LogP contribution in [0.3, 0.4) is 0 Å². The Morgan fingerprint density at radius 1 is 1.03 bits per heavy atom. The van der Waals surface area contributed by atoms with Gasteiger partial charge in [0.25, 0.3) is 5.91 Å². The molecule has 0 aliphatic heterocycles. The number of halogens is 4. The smallest absolute Gasteiger partial charge is 0.364 e. The summed E-state index contributed by atoms with van der Waals surface area (Å²) in [6.07, 6.45) is -2.91. The molecule has 0 aliphatic carbocycles. The normalized spacial score (nSPS) is 11.4. The molecule has 0 aliphatic rings. The maximum atomic E-state index is 13.6. The minimum Gasteiger partial charge on any atom is -0.364 e. The van der Waals surface area contributed by atoms with E-state index in [1.54, 1.807) is 18.2 Å². The molecule has 1 amide bonds. The Balaban J connectivity index is 2.03. The van der Waals surface area contributed by atoms with E-state index >= 15 is 0 Å². The van der Waals surface area contributed by atoms with Crippen molar-refractivity contribution in [3.63, 3.8) is 0 Å². The van der Waals surface area contributed by atoms with E-state index in [4.69, 9.17) is 4.74 Å². The Kier molecular flexibility index (Phi) is 6.26. The topological polar surface area (TPSA) is 60.3 Å². The number of nitrogens with zero attached hydrogens (tertiary/aromatic N) is 1. The maximum Gasteiger partial charge on any atom is 0.418 e. The number of rotatable bonds is 6. The van der Waals surface area contributed by atoms with Crippen molar-refractivity contribution >= 4 is 17.4 Å². The van der Waals surface area contributed by atoms with Crippen LogP contribution in [0, 0.1) is 5.82 Å². The van der Waals surface area contributed by atoms with Crippen LogP contribution in [-0.4, -0.2) is 23.4 Å². The number of carbonyl (C=O) groups excluding carboxylic acids is 2. The van der Waals surface area contributed by atoms with E-state index in [9.17, 15) is 27.2 Å². The van der Waals surface area contributed by atoms with Crippen LogP contribution in [0.25, 0.3) is 11.1 Å². The van der Waals surface area contributed by atoms with Crippen molar-refractivity contribution in [2.75, 3.05) is 12.4 Å². The van der Waals surface area contributed by atoms with Gasteiger partial charge >= 0.3 is 6.18 Å². The number of hydrogen-bond donors (Lipinski definition) is 1. The molecule has 0 unspecified atom stereocenters. The van der Waals surface area contributed by atoms with Gasteiger partial charge in [0.1, 0.15) is 12.5 Å². The molecule has 0 saturated carbocycles. The first-order chi connectivity index (χ1) is 14.6. The van der Waals surface area contributed by atoms with E-state index in [0.717, 1.165) is 29.1 Å². The number of ether oxygens (including phenoxy) is 1. The first-order valence-corrected chi connectivity index (χ1v) is 9.09. The lowest BCUT2D eigenvalue weighted by atomic mass is 9.96. The zero-order chi connectivity index (χ0) is 22.8. The number of ketones is 1. The first kappa shape index (κ1) is 22.2. The van der Waals surface area contributed by atoms with Crippen molar-refractivity contribution in [2.24, 2.45) is 0 Å². The number of nitrogens with one attached hydrogen (secondary N) is 1. The number of benzene rings is 2. The van der Waals surface area contributed by atoms with Crippen molar-refractivity contribution in [3.8, 4) is 11.1 Å². The number of aromatic nitrogens is 1. The van der Waals surface area contributed by atoms with E-state index in [2.05, 4.69) is 5.32 Å². The van der Waals surface area contributed by atoms with Gasteiger partial charge in [-0.05, 0) is 30.7 Å². The highest BCUT2D eigenvalue weighted by Gasteiger charge is 2.37. The molecular weight excluding hydrogens is 416 g/mol. The fourth-order valence-electron chi connectivity index (χ4n) is 3.20. The molecule has 5 nitrogen and oxygen atoms in total. The number of amides is 1. The molecule has 1 N–H and O–H groups in total. The second kappa shape index (κ2) is 8.73. The molecule has 0 radical (unpaired) electrons. The van der Waals surface area contributed by atoms with Gasteiger partial charge in [0, 0.05) is 36.3 Å². The van der Waals surface area contributed by atoms with Gasteiger partial charge < -0.3 is 14.6 Å². The van der Waals surface area contributed by atoms with E-state index in [0.29, 0.717) is 11.1 Å². The lowest BCUT2D eigenvalue weighted by molar-refractivity contribution is -0.137. The Hall–Kier alpha value is -3.46. The summed E-state index contributed by atoms with van der Waals surface area (Å²) in [7, 11) is 1.32. The fraction of sp³-hybridized carbons (Fsp3) is 0.182. The van der Waals surface area contributed by atoms with Crippen LogP contribution in [0.15, 0.2) is 54.9 Å². The highest BCUT2D eigenvalue weighted by atomic mass is 19.4. The zero-order valence-electron chi connectivity index (χ0n) is 16.6. The van der Waals surface area contributed by atoms with Gasteiger partial charge in [-0.25, -0.2) is 4.39 Å². The van der Waals surface area contributed by atoms with Crippen molar-refractivity contribution in [2.45, 2.75) is 19.8 Å². The third-order valence-electron chi connectivity index (χ3n) is 4.53. The van der Waals surface area contributed by atoms with E-state index in [1.165, 1.54) is 26.2 Å². The summed E-state index contributed by atoms with van der Waals surface area (Å²) in [6.45, 7) is 1.11. The minimum atomic E-state index is -4.75. The van der Waals surface area contributed by atoms with Gasteiger partial charge in [-0.3, -0.25) is 9.59 Å². The molecule has 0 spiro atoms. The second-order valence-electron chi connectivity index (χ2n) is 6.76. The molecule has 31 heavy (non-hydrogen) atoms. The summed E-state index contributed by atoms with van der Waals surface area (Å²) in [5.41, 5.74) is -0.710. The quantitative estimate of drug-likeness (QED) is 0.419. The largest absolute Gasteiger partial charge is 0.418 e. The van der Waals surface area contributed by atoms with Crippen LogP contribution in [0.2, 0.25) is 0 Å². The Bertz CT molecular complexity index is 1140. The molecule has 0 saturated heterocycles. The molecular formula is C22H18F4N2O3. The summed E-state index contributed by atoms with van der Waals surface area (Å²) in [5.74, 6) is -1.99. The number of anilines is 1.